The van der Waals surface area contributed by atoms with Crippen LogP contribution in [0.5, 0.6) is 0 Å². The molecular formula is C19H18ClN5O. The first-order valence-corrected chi connectivity index (χ1v) is 8.37. The van der Waals surface area contributed by atoms with E-state index in [4.69, 9.17) is 11.6 Å². The van der Waals surface area contributed by atoms with Gasteiger partial charge in [0.1, 0.15) is 18.0 Å². The van der Waals surface area contributed by atoms with Crippen LogP contribution in [0.25, 0.3) is 0 Å². The van der Waals surface area contributed by atoms with Gasteiger partial charge in [-0.15, -0.1) is 0 Å². The number of amides is 1. The van der Waals surface area contributed by atoms with E-state index < -0.39 is 0 Å². The average Bonchev–Trinajstić information content (AvgIpc) is 2.58. The highest BCUT2D eigenvalue weighted by atomic mass is 35.5. The zero-order valence-corrected chi connectivity index (χ0v) is 15.1. The molecule has 0 spiro atoms. The lowest BCUT2D eigenvalue weighted by atomic mass is 10.2. The highest BCUT2D eigenvalue weighted by molar-refractivity contribution is 6.31. The molecule has 26 heavy (non-hydrogen) atoms. The minimum absolute atomic E-state index is 0.118. The van der Waals surface area contributed by atoms with Gasteiger partial charge in [-0.25, -0.2) is 9.97 Å². The van der Waals surface area contributed by atoms with E-state index in [1.807, 2.05) is 49.4 Å². The maximum atomic E-state index is 11.2. The summed E-state index contributed by atoms with van der Waals surface area (Å²) < 4.78 is 0. The largest absolute Gasteiger partial charge is 0.340 e. The lowest BCUT2D eigenvalue weighted by molar-refractivity contribution is -0.114. The van der Waals surface area contributed by atoms with Gasteiger partial charge in [-0.05, 0) is 42.8 Å². The topological polar surface area (TPSA) is 78.9 Å². The molecule has 0 aliphatic rings. The Hall–Kier alpha value is -3.12. The second-order valence-corrected chi connectivity index (χ2v) is 6.17. The number of nitrogens with zero attached hydrogens (tertiary/aromatic N) is 2. The van der Waals surface area contributed by atoms with Crippen molar-refractivity contribution in [2.75, 3.05) is 16.0 Å². The van der Waals surface area contributed by atoms with Gasteiger partial charge in [0.05, 0.1) is 0 Å². The number of aromatic nitrogens is 2. The Bertz CT molecular complexity index is 945. The molecule has 0 fully saturated rings. The molecule has 2 aromatic carbocycles. The molecule has 3 aromatic rings. The first-order chi connectivity index (χ1) is 12.5. The summed E-state index contributed by atoms with van der Waals surface area (Å²) in [6.07, 6.45) is 1.47. The molecule has 6 nitrogen and oxygen atoms in total. The summed E-state index contributed by atoms with van der Waals surface area (Å²) >= 11 is 6.15. The highest BCUT2D eigenvalue weighted by Gasteiger charge is 2.03. The molecule has 7 heteroatoms. The number of carbonyl (C=O) groups excluding carboxylic acids is 1. The van der Waals surface area contributed by atoms with Crippen molar-refractivity contribution in [2.24, 2.45) is 0 Å². The van der Waals surface area contributed by atoms with Gasteiger partial charge in [0, 0.05) is 35.1 Å². The minimum Gasteiger partial charge on any atom is -0.340 e. The lowest BCUT2D eigenvalue weighted by Gasteiger charge is -2.10. The normalized spacial score (nSPS) is 10.3. The summed E-state index contributed by atoms with van der Waals surface area (Å²) in [5.74, 6) is 1.15. The van der Waals surface area contributed by atoms with Gasteiger partial charge in [-0.1, -0.05) is 23.7 Å². The van der Waals surface area contributed by atoms with E-state index in [9.17, 15) is 4.79 Å². The maximum absolute atomic E-state index is 11.2. The predicted molar refractivity (Wildman–Crippen MR) is 106 cm³/mol. The highest BCUT2D eigenvalue weighted by Crippen LogP contribution is 2.24. The Balaban J connectivity index is 1.75. The molecule has 0 saturated carbocycles. The third-order valence-corrected chi connectivity index (χ3v) is 3.97. The van der Waals surface area contributed by atoms with E-state index in [1.165, 1.54) is 13.3 Å². The number of rotatable bonds is 5. The Morgan fingerprint density at radius 2 is 1.58 bits per heavy atom. The van der Waals surface area contributed by atoms with Crippen molar-refractivity contribution in [1.29, 1.82) is 0 Å². The maximum Gasteiger partial charge on any atom is 0.221 e. The number of anilines is 5. The summed E-state index contributed by atoms with van der Waals surface area (Å²) in [6, 6.07) is 14.9. The Morgan fingerprint density at radius 3 is 2.23 bits per heavy atom. The molecule has 0 aliphatic carbocycles. The average molecular weight is 368 g/mol. The van der Waals surface area contributed by atoms with Crippen molar-refractivity contribution in [2.45, 2.75) is 13.8 Å². The molecule has 0 atom stereocenters. The smallest absolute Gasteiger partial charge is 0.221 e. The molecule has 1 amide bonds. The number of benzene rings is 2. The molecule has 1 aromatic heterocycles. The van der Waals surface area contributed by atoms with Crippen LogP contribution in [0.4, 0.5) is 28.7 Å². The van der Waals surface area contributed by atoms with E-state index in [2.05, 4.69) is 25.9 Å². The zero-order valence-electron chi connectivity index (χ0n) is 14.4. The molecule has 0 aliphatic heterocycles. The van der Waals surface area contributed by atoms with Crippen LogP contribution in [0, 0.1) is 6.92 Å². The molecule has 0 unspecified atom stereocenters. The molecule has 0 bridgehead atoms. The zero-order chi connectivity index (χ0) is 18.5. The minimum atomic E-state index is -0.118. The fourth-order valence-corrected chi connectivity index (χ4v) is 2.52. The third-order valence-electron chi connectivity index (χ3n) is 3.57. The number of halogens is 1. The van der Waals surface area contributed by atoms with Crippen LogP contribution >= 0.6 is 11.6 Å². The van der Waals surface area contributed by atoms with Crippen molar-refractivity contribution < 1.29 is 4.79 Å². The second kappa shape index (κ2) is 7.84. The van der Waals surface area contributed by atoms with Crippen LogP contribution in [-0.2, 0) is 4.79 Å². The monoisotopic (exact) mass is 367 g/mol. The Labute approximate surface area is 156 Å². The van der Waals surface area contributed by atoms with E-state index in [1.54, 1.807) is 6.07 Å². The number of carbonyl (C=O) groups is 1. The van der Waals surface area contributed by atoms with E-state index in [-0.39, 0.29) is 5.91 Å². The first-order valence-electron chi connectivity index (χ1n) is 7.99. The summed E-state index contributed by atoms with van der Waals surface area (Å²) in [7, 11) is 0. The van der Waals surface area contributed by atoms with Crippen molar-refractivity contribution in [1.82, 2.24) is 9.97 Å². The SMILES string of the molecule is CC(=O)Nc1cccc(Nc2cc(Nc3ccc(C)c(Cl)c3)ncn2)c1. The van der Waals surface area contributed by atoms with Gasteiger partial charge in [0.25, 0.3) is 0 Å². The molecule has 3 N–H and O–H groups in total. The summed E-state index contributed by atoms with van der Waals surface area (Å²) in [4.78, 5) is 19.6. The fourth-order valence-electron chi connectivity index (χ4n) is 2.34. The number of aryl methyl sites for hydroxylation is 1. The first kappa shape index (κ1) is 17.7. The lowest BCUT2D eigenvalue weighted by Crippen LogP contribution is -2.06. The molecule has 0 radical (unpaired) electrons. The van der Waals surface area contributed by atoms with Crippen LogP contribution in [0.15, 0.2) is 54.9 Å². The summed E-state index contributed by atoms with van der Waals surface area (Å²) in [5, 5.41) is 9.84. The predicted octanol–water partition coefficient (Wildman–Crippen LogP) is 4.88. The van der Waals surface area contributed by atoms with Crippen LogP contribution in [-0.4, -0.2) is 15.9 Å². The number of hydrogen-bond acceptors (Lipinski definition) is 5. The van der Waals surface area contributed by atoms with Crippen molar-refractivity contribution in [3.63, 3.8) is 0 Å². The Morgan fingerprint density at radius 1 is 0.923 bits per heavy atom. The van der Waals surface area contributed by atoms with Gasteiger partial charge < -0.3 is 16.0 Å². The summed E-state index contributed by atoms with van der Waals surface area (Å²) in [5.41, 5.74) is 3.38. The second-order valence-electron chi connectivity index (χ2n) is 5.76. The van der Waals surface area contributed by atoms with Crippen molar-refractivity contribution in [3.05, 3.63) is 65.4 Å². The Kier molecular flexibility index (Phi) is 5.34. The van der Waals surface area contributed by atoms with Gasteiger partial charge in [0.15, 0.2) is 0 Å². The third kappa shape index (κ3) is 4.70. The van der Waals surface area contributed by atoms with Crippen LogP contribution < -0.4 is 16.0 Å². The quantitative estimate of drug-likeness (QED) is 0.598. The molecule has 1 heterocycles. The molecule has 3 rings (SSSR count). The van der Waals surface area contributed by atoms with E-state index >= 15 is 0 Å². The van der Waals surface area contributed by atoms with Crippen LogP contribution in [0.3, 0.4) is 0 Å². The van der Waals surface area contributed by atoms with Gasteiger partial charge >= 0.3 is 0 Å². The number of hydrogen-bond donors (Lipinski definition) is 3. The van der Waals surface area contributed by atoms with E-state index in [0.717, 1.165) is 16.9 Å². The number of nitrogens with one attached hydrogen (secondary N) is 3. The van der Waals surface area contributed by atoms with Gasteiger partial charge in [0.2, 0.25) is 5.91 Å². The molecule has 132 valence electrons. The summed E-state index contributed by atoms with van der Waals surface area (Å²) in [6.45, 7) is 3.42. The van der Waals surface area contributed by atoms with Crippen molar-refractivity contribution >= 4 is 46.2 Å². The van der Waals surface area contributed by atoms with Gasteiger partial charge in [-0.3, -0.25) is 4.79 Å². The fraction of sp³-hybridized carbons (Fsp3) is 0.105. The van der Waals surface area contributed by atoms with Crippen molar-refractivity contribution in [3.8, 4) is 0 Å². The van der Waals surface area contributed by atoms with Crippen LogP contribution in [0.1, 0.15) is 12.5 Å². The van der Waals surface area contributed by atoms with Crippen LogP contribution in [0.2, 0.25) is 5.02 Å². The van der Waals surface area contributed by atoms with E-state index in [0.29, 0.717) is 22.3 Å². The molecular weight excluding hydrogens is 350 g/mol. The van der Waals surface area contributed by atoms with Gasteiger partial charge in [-0.2, -0.15) is 0 Å². The standard InChI is InChI=1S/C19H18ClN5O/c1-12-6-7-16(9-17(12)20)25-19-10-18(21-11-22-19)24-15-5-3-4-14(8-15)23-13(2)26/h3-11H,1-2H3,(H,23,26)(H2,21,22,24,25). The molecule has 0 saturated heterocycles.